The molecule has 0 N–H and O–H groups in total. The first-order chi connectivity index (χ1) is 25.9. The molecule has 0 aliphatic heterocycles. The van der Waals surface area contributed by atoms with E-state index >= 15 is 0 Å². The van der Waals surface area contributed by atoms with Crippen molar-refractivity contribution < 1.29 is 26.4 Å². The predicted octanol–water partition coefficient (Wildman–Crippen LogP) is 10.5. The molecule has 0 aromatic heterocycles. The van der Waals surface area contributed by atoms with Crippen LogP contribution in [0.25, 0.3) is 22.3 Å². The molecule has 7 aromatic carbocycles. The topological polar surface area (TPSA) is 102 Å². The number of ketones is 2. The molecular formula is C44H28Cl2O6S2. The summed E-state index contributed by atoms with van der Waals surface area (Å²) < 4.78 is 52.1. The van der Waals surface area contributed by atoms with E-state index in [1.54, 1.807) is 121 Å². The Labute approximate surface area is 323 Å². The fraction of sp³-hybridized carbons (Fsp3) is 0. The number of sulfone groups is 2. The third-order valence-electron chi connectivity index (χ3n) is 8.92. The summed E-state index contributed by atoms with van der Waals surface area (Å²) in [5.41, 5.74) is 4.74. The van der Waals surface area contributed by atoms with Gasteiger partial charge in [0.25, 0.3) is 0 Å². The van der Waals surface area contributed by atoms with Gasteiger partial charge in [-0.05, 0) is 101 Å². The number of benzene rings is 7. The number of carbonyl (C=O) groups excluding carboxylic acids is 2. The minimum Gasteiger partial charge on any atom is -0.289 e. The van der Waals surface area contributed by atoms with Crippen LogP contribution in [-0.4, -0.2) is 28.4 Å². The number of hydrogen-bond acceptors (Lipinski definition) is 6. The van der Waals surface area contributed by atoms with Gasteiger partial charge in [0.2, 0.25) is 19.7 Å². The molecular weight excluding hydrogens is 760 g/mol. The van der Waals surface area contributed by atoms with Crippen molar-refractivity contribution >= 4 is 54.4 Å². The standard InChI is InChI=1S/C44H28Cl2O6S2/c45-37-16-24-41(25-17-37)53(49,50)39-20-12-31(13-21-39)29-4-8-33(9-5-29)43(47)35-2-1-3-36(28-35)44(48)34-10-6-30(7-11-34)32-14-22-40(23-15-32)54(51,52)42-26-18-38(46)19-27-42/h1-28H. The highest BCUT2D eigenvalue weighted by molar-refractivity contribution is 7.91. The zero-order valence-electron chi connectivity index (χ0n) is 28.2. The monoisotopic (exact) mass is 786 g/mol. The van der Waals surface area contributed by atoms with Gasteiger partial charge in [0.15, 0.2) is 11.6 Å². The van der Waals surface area contributed by atoms with Gasteiger partial charge < -0.3 is 0 Å². The Kier molecular flexibility index (Phi) is 10.2. The third-order valence-corrected chi connectivity index (χ3v) is 13.0. The summed E-state index contributed by atoms with van der Waals surface area (Å²) in [6.45, 7) is 0. The lowest BCUT2D eigenvalue weighted by Gasteiger charge is -2.09. The van der Waals surface area contributed by atoms with Crippen LogP contribution in [0, 0.1) is 0 Å². The van der Waals surface area contributed by atoms with Crippen molar-refractivity contribution in [1.29, 1.82) is 0 Å². The molecule has 0 bridgehead atoms. The maximum absolute atomic E-state index is 13.5. The SMILES string of the molecule is O=C(c1ccc(-c2ccc(S(=O)(=O)c3ccc(Cl)cc3)cc2)cc1)c1cccc(C(=O)c2ccc(-c3ccc(S(=O)(=O)c4ccc(Cl)cc4)cc3)cc2)c1. The summed E-state index contributed by atoms with van der Waals surface area (Å²) in [4.78, 5) is 27.5. The van der Waals surface area contributed by atoms with Crippen molar-refractivity contribution in [3.05, 3.63) is 202 Å². The molecule has 7 rings (SSSR count). The minimum absolute atomic E-state index is 0.151. The van der Waals surface area contributed by atoms with E-state index in [9.17, 15) is 26.4 Å². The summed E-state index contributed by atoms with van der Waals surface area (Å²) in [7, 11) is -7.41. The number of halogens is 2. The highest BCUT2D eigenvalue weighted by Crippen LogP contribution is 2.29. The maximum atomic E-state index is 13.5. The summed E-state index contributed by atoms with van der Waals surface area (Å²) in [6.07, 6.45) is 0. The van der Waals surface area contributed by atoms with Crippen LogP contribution in [0.2, 0.25) is 10.0 Å². The van der Waals surface area contributed by atoms with Gasteiger partial charge in [-0.3, -0.25) is 9.59 Å². The lowest BCUT2D eigenvalue weighted by molar-refractivity contribution is 0.103. The zero-order chi connectivity index (χ0) is 38.0. The lowest BCUT2D eigenvalue weighted by atomic mass is 9.95. The largest absolute Gasteiger partial charge is 0.289 e. The van der Waals surface area contributed by atoms with Gasteiger partial charge in [-0.2, -0.15) is 0 Å². The van der Waals surface area contributed by atoms with E-state index in [4.69, 9.17) is 23.2 Å². The molecule has 0 saturated heterocycles. The number of carbonyl (C=O) groups is 2. The Morgan fingerprint density at radius 3 is 0.889 bits per heavy atom. The molecule has 0 heterocycles. The van der Waals surface area contributed by atoms with Crippen molar-refractivity contribution in [2.45, 2.75) is 19.6 Å². The van der Waals surface area contributed by atoms with Crippen LogP contribution in [0.3, 0.4) is 0 Å². The third kappa shape index (κ3) is 7.56. The Balaban J connectivity index is 1.02. The fourth-order valence-corrected chi connectivity index (χ4v) is 8.69. The smallest absolute Gasteiger partial charge is 0.206 e. The first kappa shape index (κ1) is 36.7. The molecule has 54 heavy (non-hydrogen) atoms. The highest BCUT2D eigenvalue weighted by atomic mass is 35.5. The lowest BCUT2D eigenvalue weighted by Crippen LogP contribution is -2.06. The molecule has 0 saturated carbocycles. The molecule has 0 amide bonds. The zero-order valence-corrected chi connectivity index (χ0v) is 31.3. The van der Waals surface area contributed by atoms with Gasteiger partial charge >= 0.3 is 0 Å². The van der Waals surface area contributed by atoms with Gasteiger partial charge in [-0.25, -0.2) is 16.8 Å². The van der Waals surface area contributed by atoms with E-state index < -0.39 is 19.7 Å². The molecule has 7 aromatic rings. The van der Waals surface area contributed by atoms with E-state index in [0.29, 0.717) is 32.3 Å². The van der Waals surface area contributed by atoms with Crippen molar-refractivity contribution in [1.82, 2.24) is 0 Å². The van der Waals surface area contributed by atoms with E-state index in [-0.39, 0.29) is 31.1 Å². The van der Waals surface area contributed by atoms with Crippen molar-refractivity contribution in [2.75, 3.05) is 0 Å². The number of rotatable bonds is 10. The molecule has 0 aliphatic rings. The summed E-state index contributed by atoms with van der Waals surface area (Å²) in [5, 5.41) is 0.898. The average molecular weight is 788 g/mol. The van der Waals surface area contributed by atoms with E-state index in [1.807, 2.05) is 0 Å². The van der Waals surface area contributed by atoms with Gasteiger partial charge in [0.05, 0.1) is 19.6 Å². The van der Waals surface area contributed by atoms with Crippen LogP contribution in [0.5, 0.6) is 0 Å². The van der Waals surface area contributed by atoms with Gasteiger partial charge in [0.1, 0.15) is 0 Å². The Morgan fingerprint density at radius 2 is 0.593 bits per heavy atom. The average Bonchev–Trinajstić information content (AvgIpc) is 3.21. The van der Waals surface area contributed by atoms with Crippen molar-refractivity contribution in [2.24, 2.45) is 0 Å². The second-order valence-electron chi connectivity index (χ2n) is 12.4. The van der Waals surface area contributed by atoms with Crippen molar-refractivity contribution in [3.8, 4) is 22.3 Å². The van der Waals surface area contributed by atoms with Crippen LogP contribution in [-0.2, 0) is 19.7 Å². The quantitative estimate of drug-likeness (QED) is 0.128. The first-order valence-electron chi connectivity index (χ1n) is 16.5. The molecule has 0 fully saturated rings. The molecule has 0 aliphatic carbocycles. The molecule has 10 heteroatoms. The van der Waals surface area contributed by atoms with E-state index in [0.717, 1.165) is 22.3 Å². The van der Waals surface area contributed by atoms with Crippen LogP contribution in [0.15, 0.2) is 189 Å². The maximum Gasteiger partial charge on any atom is 0.206 e. The summed E-state index contributed by atoms with van der Waals surface area (Å²) in [6, 6.07) is 45.6. The van der Waals surface area contributed by atoms with E-state index in [2.05, 4.69) is 0 Å². The minimum atomic E-state index is -3.71. The Bertz CT molecular complexity index is 2540. The van der Waals surface area contributed by atoms with Crippen LogP contribution >= 0.6 is 23.2 Å². The number of hydrogen-bond donors (Lipinski definition) is 0. The molecule has 6 nitrogen and oxygen atoms in total. The van der Waals surface area contributed by atoms with E-state index in [1.165, 1.54) is 48.5 Å². The van der Waals surface area contributed by atoms with Crippen LogP contribution in [0.1, 0.15) is 31.8 Å². The summed E-state index contributed by atoms with van der Waals surface area (Å²) in [5.74, 6) is -0.505. The predicted molar refractivity (Wildman–Crippen MR) is 211 cm³/mol. The van der Waals surface area contributed by atoms with Gasteiger partial charge in [-0.1, -0.05) is 114 Å². The van der Waals surface area contributed by atoms with Crippen LogP contribution in [0.4, 0.5) is 0 Å². The van der Waals surface area contributed by atoms with Gasteiger partial charge in [0, 0.05) is 32.3 Å². The normalized spacial score (nSPS) is 11.6. The Morgan fingerprint density at radius 1 is 0.333 bits per heavy atom. The molecule has 0 unspecified atom stereocenters. The fourth-order valence-electron chi connectivity index (χ4n) is 5.92. The molecule has 0 atom stereocenters. The Hall–Kier alpha value is -5.64. The highest BCUT2D eigenvalue weighted by Gasteiger charge is 2.20. The van der Waals surface area contributed by atoms with Crippen LogP contribution < -0.4 is 0 Å². The second-order valence-corrected chi connectivity index (χ2v) is 17.1. The van der Waals surface area contributed by atoms with Crippen molar-refractivity contribution in [3.63, 3.8) is 0 Å². The first-order valence-corrected chi connectivity index (χ1v) is 20.2. The van der Waals surface area contributed by atoms with Gasteiger partial charge in [-0.15, -0.1) is 0 Å². The molecule has 0 radical (unpaired) electrons. The second kappa shape index (κ2) is 15.0. The molecule has 0 spiro atoms. The molecule has 266 valence electrons. The summed E-state index contributed by atoms with van der Waals surface area (Å²) >= 11 is 11.8.